The zero-order chi connectivity index (χ0) is 9.80. The summed E-state index contributed by atoms with van der Waals surface area (Å²) in [7, 11) is 0. The second kappa shape index (κ2) is 3.91. The summed E-state index contributed by atoms with van der Waals surface area (Å²) in [6, 6.07) is 4.00. The number of aromatic nitrogens is 3. The summed E-state index contributed by atoms with van der Waals surface area (Å²) in [6.07, 6.45) is 8.17. The molecule has 2 N–H and O–H groups in total. The fourth-order valence-corrected chi connectivity index (χ4v) is 1.30. The molecule has 0 bridgehead atoms. The van der Waals surface area contributed by atoms with E-state index in [-0.39, 0.29) is 0 Å². The number of pyridine rings is 1. The molecule has 2 rings (SSSR count). The Morgan fingerprint density at radius 2 is 2.36 bits per heavy atom. The number of imidazole rings is 1. The number of aryl methyl sites for hydroxylation is 2. The van der Waals surface area contributed by atoms with Crippen molar-refractivity contribution in [3.8, 4) is 0 Å². The second-order valence-corrected chi connectivity index (χ2v) is 3.15. The lowest BCUT2D eigenvalue weighted by Crippen LogP contribution is -1.98. The van der Waals surface area contributed by atoms with Crippen LogP contribution in [-0.2, 0) is 13.0 Å². The smallest absolute Gasteiger partial charge is 0.141 e. The largest absolute Gasteiger partial charge is 0.382 e. The highest BCUT2D eigenvalue weighted by Gasteiger charge is 1.95. The Hall–Kier alpha value is -1.84. The van der Waals surface area contributed by atoms with Crippen molar-refractivity contribution in [2.75, 3.05) is 5.73 Å². The van der Waals surface area contributed by atoms with Gasteiger partial charge in [-0.15, -0.1) is 0 Å². The Bertz CT molecular complexity index is 394. The highest BCUT2D eigenvalue weighted by Crippen LogP contribution is 2.01. The maximum Gasteiger partial charge on any atom is 0.141 e. The van der Waals surface area contributed by atoms with E-state index in [2.05, 4.69) is 16.0 Å². The summed E-state index contributed by atoms with van der Waals surface area (Å²) in [5.41, 5.74) is 6.73. The fraction of sp³-hybridized carbons (Fsp3) is 0.200. The Labute approximate surface area is 82.4 Å². The van der Waals surface area contributed by atoms with Gasteiger partial charge < -0.3 is 10.3 Å². The van der Waals surface area contributed by atoms with E-state index >= 15 is 0 Å². The van der Waals surface area contributed by atoms with Gasteiger partial charge in [0.2, 0.25) is 0 Å². The van der Waals surface area contributed by atoms with Crippen molar-refractivity contribution in [3.05, 3.63) is 42.6 Å². The average molecular weight is 188 g/mol. The summed E-state index contributed by atoms with van der Waals surface area (Å²) in [4.78, 5) is 8.01. The molecule has 4 nitrogen and oxygen atoms in total. The molecule has 0 aromatic carbocycles. The molecule has 2 aromatic rings. The zero-order valence-electron chi connectivity index (χ0n) is 7.80. The van der Waals surface area contributed by atoms with Gasteiger partial charge in [0.15, 0.2) is 0 Å². The Kier molecular flexibility index (Phi) is 2.44. The van der Waals surface area contributed by atoms with Gasteiger partial charge in [0, 0.05) is 25.1 Å². The van der Waals surface area contributed by atoms with E-state index in [9.17, 15) is 0 Å². The Balaban J connectivity index is 1.95. The van der Waals surface area contributed by atoms with Crippen LogP contribution in [0.15, 0.2) is 37.1 Å². The van der Waals surface area contributed by atoms with Crippen molar-refractivity contribution < 1.29 is 0 Å². The van der Waals surface area contributed by atoms with Gasteiger partial charge >= 0.3 is 0 Å². The third-order valence-corrected chi connectivity index (χ3v) is 2.03. The summed E-state index contributed by atoms with van der Waals surface area (Å²) in [5.74, 6) is 0.566. The van der Waals surface area contributed by atoms with Gasteiger partial charge in [0.05, 0.1) is 6.33 Å². The molecule has 0 radical (unpaired) electrons. The van der Waals surface area contributed by atoms with Crippen LogP contribution in [0.5, 0.6) is 0 Å². The van der Waals surface area contributed by atoms with Crippen molar-refractivity contribution >= 4 is 5.82 Å². The first-order valence-electron chi connectivity index (χ1n) is 4.51. The molecule has 0 spiro atoms. The summed E-state index contributed by atoms with van der Waals surface area (Å²) in [6.45, 7) is 0.885. The van der Waals surface area contributed by atoms with Crippen molar-refractivity contribution in [3.63, 3.8) is 0 Å². The summed E-state index contributed by atoms with van der Waals surface area (Å²) < 4.78 is 1.97. The number of nitrogens with zero attached hydrogens (tertiary/aromatic N) is 3. The molecule has 2 heterocycles. The van der Waals surface area contributed by atoms with E-state index in [1.807, 2.05) is 23.0 Å². The van der Waals surface area contributed by atoms with E-state index in [0.717, 1.165) is 13.0 Å². The molecule has 2 aromatic heterocycles. The van der Waals surface area contributed by atoms with Crippen LogP contribution in [0.25, 0.3) is 0 Å². The zero-order valence-corrected chi connectivity index (χ0v) is 7.80. The quantitative estimate of drug-likeness (QED) is 0.784. The van der Waals surface area contributed by atoms with Crippen molar-refractivity contribution in [2.45, 2.75) is 13.0 Å². The lowest BCUT2D eigenvalue weighted by Gasteiger charge is -2.00. The number of hydrogen-bond donors (Lipinski definition) is 1. The van der Waals surface area contributed by atoms with Crippen LogP contribution in [-0.4, -0.2) is 14.5 Å². The highest BCUT2D eigenvalue weighted by molar-refractivity contribution is 5.22. The third kappa shape index (κ3) is 2.10. The lowest BCUT2D eigenvalue weighted by atomic mass is 10.2. The van der Waals surface area contributed by atoms with Gasteiger partial charge in [-0.05, 0) is 18.1 Å². The number of rotatable bonds is 3. The summed E-state index contributed by atoms with van der Waals surface area (Å²) in [5, 5.41) is 0. The fourth-order valence-electron chi connectivity index (χ4n) is 1.30. The molecule has 0 saturated heterocycles. The first kappa shape index (κ1) is 8.74. The molecule has 0 atom stereocenters. The lowest BCUT2D eigenvalue weighted by molar-refractivity contribution is 0.694. The second-order valence-electron chi connectivity index (χ2n) is 3.15. The predicted molar refractivity (Wildman–Crippen MR) is 54.6 cm³/mol. The molecule has 4 heteroatoms. The standard InChI is InChI=1S/C10H12N4/c11-10-7-14(8-13-10)5-3-9-2-1-4-12-6-9/h1-2,4,6-8H,3,5,11H2. The van der Waals surface area contributed by atoms with E-state index < -0.39 is 0 Å². The molecular formula is C10H12N4. The number of hydrogen-bond acceptors (Lipinski definition) is 3. The van der Waals surface area contributed by atoms with Crippen LogP contribution in [0, 0.1) is 0 Å². The third-order valence-electron chi connectivity index (χ3n) is 2.03. The van der Waals surface area contributed by atoms with Crippen LogP contribution >= 0.6 is 0 Å². The van der Waals surface area contributed by atoms with Gasteiger partial charge in [-0.25, -0.2) is 4.98 Å². The molecule has 0 aliphatic rings. The SMILES string of the molecule is Nc1cn(CCc2cccnc2)cn1. The number of nitrogens with two attached hydrogens (primary N) is 1. The van der Waals surface area contributed by atoms with Crippen LogP contribution in [0.1, 0.15) is 5.56 Å². The molecule has 0 fully saturated rings. The topological polar surface area (TPSA) is 56.7 Å². The molecule has 0 aliphatic heterocycles. The van der Waals surface area contributed by atoms with Gasteiger partial charge in [-0.3, -0.25) is 4.98 Å². The Morgan fingerprint density at radius 3 is 3.00 bits per heavy atom. The highest BCUT2D eigenvalue weighted by atomic mass is 15.1. The molecule has 14 heavy (non-hydrogen) atoms. The number of anilines is 1. The molecule has 0 saturated carbocycles. The monoisotopic (exact) mass is 188 g/mol. The van der Waals surface area contributed by atoms with E-state index in [1.54, 1.807) is 12.5 Å². The average Bonchev–Trinajstić information content (AvgIpc) is 2.63. The van der Waals surface area contributed by atoms with E-state index in [4.69, 9.17) is 5.73 Å². The normalized spacial score (nSPS) is 10.3. The van der Waals surface area contributed by atoms with Gasteiger partial charge in [0.1, 0.15) is 5.82 Å². The van der Waals surface area contributed by atoms with E-state index in [0.29, 0.717) is 5.82 Å². The van der Waals surface area contributed by atoms with Gasteiger partial charge in [-0.1, -0.05) is 6.07 Å². The van der Waals surface area contributed by atoms with Crippen LogP contribution in [0.3, 0.4) is 0 Å². The minimum atomic E-state index is 0.566. The molecule has 0 amide bonds. The Morgan fingerprint density at radius 1 is 1.43 bits per heavy atom. The van der Waals surface area contributed by atoms with Crippen molar-refractivity contribution in [1.29, 1.82) is 0 Å². The van der Waals surface area contributed by atoms with Crippen LogP contribution in [0.2, 0.25) is 0 Å². The summed E-state index contributed by atoms with van der Waals surface area (Å²) >= 11 is 0. The molecular weight excluding hydrogens is 176 g/mol. The maximum atomic E-state index is 5.50. The van der Waals surface area contributed by atoms with E-state index in [1.165, 1.54) is 5.56 Å². The first-order chi connectivity index (χ1) is 6.84. The van der Waals surface area contributed by atoms with Crippen LogP contribution < -0.4 is 5.73 Å². The van der Waals surface area contributed by atoms with Crippen molar-refractivity contribution in [2.24, 2.45) is 0 Å². The molecule has 0 aliphatic carbocycles. The van der Waals surface area contributed by atoms with Crippen molar-refractivity contribution in [1.82, 2.24) is 14.5 Å². The minimum absolute atomic E-state index is 0.566. The van der Waals surface area contributed by atoms with Gasteiger partial charge in [0.25, 0.3) is 0 Å². The predicted octanol–water partition coefficient (Wildman–Crippen LogP) is 1.10. The number of nitrogen functional groups attached to an aromatic ring is 1. The minimum Gasteiger partial charge on any atom is -0.382 e. The van der Waals surface area contributed by atoms with Gasteiger partial charge in [-0.2, -0.15) is 0 Å². The van der Waals surface area contributed by atoms with Crippen LogP contribution in [0.4, 0.5) is 5.82 Å². The maximum absolute atomic E-state index is 5.50. The molecule has 72 valence electrons. The molecule has 0 unspecified atom stereocenters. The first-order valence-corrected chi connectivity index (χ1v) is 4.51.